The number of rotatable bonds is 11. The Morgan fingerprint density at radius 3 is 1.91 bits per heavy atom. The Labute approximate surface area is 260 Å². The molecule has 2 N–H and O–H groups in total. The molecule has 0 aliphatic heterocycles. The van der Waals surface area contributed by atoms with Crippen LogP contribution in [0.2, 0.25) is 5.02 Å². The maximum Gasteiger partial charge on any atom is 0.264 e. The van der Waals surface area contributed by atoms with Crippen LogP contribution in [0.5, 0.6) is 11.5 Å². The van der Waals surface area contributed by atoms with Crippen LogP contribution in [0.1, 0.15) is 0 Å². The minimum Gasteiger partial charge on any atom is -0.457 e. The minimum absolute atomic E-state index is 0.0131. The second kappa shape index (κ2) is 13.2. The van der Waals surface area contributed by atoms with Crippen molar-refractivity contribution in [1.29, 1.82) is 0 Å². The highest BCUT2D eigenvalue weighted by molar-refractivity contribution is 7.93. The molecule has 12 heteroatoms. The monoisotopic (exact) mass is 647 g/mol. The number of amides is 1. The Morgan fingerprint density at radius 1 is 0.659 bits per heavy atom. The molecule has 0 aromatic heterocycles. The molecule has 9 nitrogen and oxygen atoms in total. The first kappa shape index (κ1) is 30.6. The molecule has 224 valence electrons. The van der Waals surface area contributed by atoms with Crippen LogP contribution >= 0.6 is 11.6 Å². The van der Waals surface area contributed by atoms with E-state index in [1.54, 1.807) is 72.8 Å². The molecule has 0 radical (unpaired) electrons. The third kappa shape index (κ3) is 7.56. The van der Waals surface area contributed by atoms with E-state index in [4.69, 9.17) is 16.3 Å². The molecule has 0 aliphatic rings. The van der Waals surface area contributed by atoms with Gasteiger partial charge >= 0.3 is 0 Å². The molecular weight excluding hydrogens is 622 g/mol. The summed E-state index contributed by atoms with van der Waals surface area (Å²) in [5.74, 6) is 0.468. The van der Waals surface area contributed by atoms with Gasteiger partial charge in [-0.2, -0.15) is 0 Å². The van der Waals surface area contributed by atoms with Gasteiger partial charge in [0.05, 0.1) is 21.2 Å². The van der Waals surface area contributed by atoms with E-state index in [2.05, 4.69) is 10.0 Å². The van der Waals surface area contributed by atoms with Crippen molar-refractivity contribution < 1.29 is 26.4 Å². The number of nitrogens with zero attached hydrogens (tertiary/aromatic N) is 1. The van der Waals surface area contributed by atoms with Gasteiger partial charge in [-0.05, 0) is 91.0 Å². The van der Waals surface area contributed by atoms with Gasteiger partial charge in [-0.25, -0.2) is 16.8 Å². The van der Waals surface area contributed by atoms with Crippen LogP contribution in [0.25, 0.3) is 0 Å². The number of hydrogen-bond acceptors (Lipinski definition) is 6. The van der Waals surface area contributed by atoms with Gasteiger partial charge < -0.3 is 10.1 Å². The largest absolute Gasteiger partial charge is 0.457 e. The lowest BCUT2D eigenvalue weighted by Gasteiger charge is -2.24. The fourth-order valence-corrected chi connectivity index (χ4v) is 6.84. The van der Waals surface area contributed by atoms with E-state index in [0.717, 1.165) is 4.31 Å². The highest BCUT2D eigenvalue weighted by Gasteiger charge is 2.27. The molecule has 5 rings (SSSR count). The molecule has 0 saturated carbocycles. The highest BCUT2D eigenvalue weighted by atomic mass is 35.5. The Kier molecular flexibility index (Phi) is 9.19. The number of benzene rings is 5. The standard InChI is InChI=1S/C32H26ClN3O6S2/c33-24-8-7-9-26(22-24)35-43(38,39)30-20-14-25(15-21-30)34-32(37)23-36(44(40,41)31-12-5-2-6-13-31)27-16-18-29(19-17-27)42-28-10-3-1-4-11-28/h1-22,35H,23H2,(H,34,37). The molecule has 0 spiro atoms. The van der Waals surface area contributed by atoms with E-state index in [1.807, 2.05) is 18.2 Å². The minimum atomic E-state index is -4.14. The van der Waals surface area contributed by atoms with E-state index < -0.39 is 32.5 Å². The van der Waals surface area contributed by atoms with Gasteiger partial charge in [0.15, 0.2) is 0 Å². The van der Waals surface area contributed by atoms with Gasteiger partial charge in [0, 0.05) is 10.7 Å². The fourth-order valence-electron chi connectivity index (χ4n) is 4.15. The van der Waals surface area contributed by atoms with Crippen LogP contribution in [0, 0.1) is 0 Å². The Morgan fingerprint density at radius 2 is 1.27 bits per heavy atom. The molecule has 0 aliphatic carbocycles. The molecule has 5 aromatic rings. The number of ether oxygens (including phenoxy) is 1. The topological polar surface area (TPSA) is 122 Å². The molecule has 0 saturated heterocycles. The predicted octanol–water partition coefficient (Wildman–Crippen LogP) is 6.77. The Bertz CT molecular complexity index is 1960. The van der Waals surface area contributed by atoms with Crippen LogP contribution in [-0.4, -0.2) is 29.3 Å². The van der Waals surface area contributed by atoms with Crippen LogP contribution in [0.4, 0.5) is 17.1 Å². The predicted molar refractivity (Wildman–Crippen MR) is 171 cm³/mol. The zero-order valence-corrected chi connectivity index (χ0v) is 25.4. The number of halogens is 1. The quantitative estimate of drug-likeness (QED) is 0.163. The van der Waals surface area contributed by atoms with Crippen molar-refractivity contribution in [2.45, 2.75) is 9.79 Å². The van der Waals surface area contributed by atoms with Crippen LogP contribution in [0.3, 0.4) is 0 Å². The number of carbonyl (C=O) groups excluding carboxylic acids is 1. The molecular formula is C32H26ClN3O6S2. The average Bonchev–Trinajstić information content (AvgIpc) is 3.01. The van der Waals surface area contributed by atoms with Gasteiger partial charge in [-0.15, -0.1) is 0 Å². The van der Waals surface area contributed by atoms with Crippen molar-refractivity contribution in [2.24, 2.45) is 0 Å². The van der Waals surface area contributed by atoms with Crippen molar-refractivity contribution in [3.8, 4) is 11.5 Å². The smallest absolute Gasteiger partial charge is 0.264 e. The van der Waals surface area contributed by atoms with E-state index in [9.17, 15) is 21.6 Å². The zero-order chi connectivity index (χ0) is 31.2. The molecule has 0 unspecified atom stereocenters. The van der Waals surface area contributed by atoms with Gasteiger partial charge in [0.25, 0.3) is 20.0 Å². The van der Waals surface area contributed by atoms with Gasteiger partial charge in [-0.3, -0.25) is 13.8 Å². The van der Waals surface area contributed by atoms with Gasteiger partial charge in [-0.1, -0.05) is 54.1 Å². The molecule has 0 fully saturated rings. The summed E-state index contributed by atoms with van der Waals surface area (Å²) in [6, 6.07) is 35.0. The zero-order valence-electron chi connectivity index (χ0n) is 23.0. The van der Waals surface area contributed by atoms with Crippen molar-refractivity contribution >= 4 is 54.6 Å². The summed E-state index contributed by atoms with van der Waals surface area (Å²) in [6.07, 6.45) is 0. The van der Waals surface area contributed by atoms with E-state index in [0.29, 0.717) is 22.2 Å². The number of anilines is 3. The van der Waals surface area contributed by atoms with Crippen LogP contribution < -0.4 is 19.1 Å². The summed E-state index contributed by atoms with van der Waals surface area (Å²) in [5.41, 5.74) is 0.826. The Hall–Kier alpha value is -4.84. The molecule has 0 atom stereocenters. The molecule has 1 amide bonds. The number of hydrogen-bond donors (Lipinski definition) is 2. The maximum absolute atomic E-state index is 13.7. The molecule has 5 aromatic carbocycles. The number of nitrogens with one attached hydrogen (secondary N) is 2. The summed E-state index contributed by atoms with van der Waals surface area (Å²) < 4.78 is 62.2. The average molecular weight is 648 g/mol. The molecule has 0 heterocycles. The molecule has 0 bridgehead atoms. The summed E-state index contributed by atoms with van der Waals surface area (Å²) in [6.45, 7) is -0.549. The van der Waals surface area contributed by atoms with Crippen molar-refractivity contribution in [1.82, 2.24) is 0 Å². The summed E-state index contributed by atoms with van der Waals surface area (Å²) in [7, 11) is -8.06. The third-order valence-corrected chi connectivity index (χ3v) is 9.67. The summed E-state index contributed by atoms with van der Waals surface area (Å²) in [4.78, 5) is 13.1. The van der Waals surface area contributed by atoms with Gasteiger partial charge in [0.2, 0.25) is 5.91 Å². The maximum atomic E-state index is 13.7. The number of para-hydroxylation sites is 1. The van der Waals surface area contributed by atoms with Crippen molar-refractivity contribution in [3.63, 3.8) is 0 Å². The van der Waals surface area contributed by atoms with Gasteiger partial charge in [0.1, 0.15) is 18.0 Å². The lowest BCUT2D eigenvalue weighted by atomic mass is 10.3. The Balaban J connectivity index is 1.33. The van der Waals surface area contributed by atoms with E-state index in [1.165, 1.54) is 42.5 Å². The second-order valence-electron chi connectivity index (χ2n) is 9.42. The fraction of sp³-hybridized carbons (Fsp3) is 0.0312. The number of carbonyl (C=O) groups is 1. The summed E-state index contributed by atoms with van der Waals surface area (Å²) >= 11 is 5.94. The van der Waals surface area contributed by atoms with E-state index >= 15 is 0 Å². The van der Waals surface area contributed by atoms with E-state index in [-0.39, 0.29) is 21.2 Å². The lowest BCUT2D eigenvalue weighted by Crippen LogP contribution is -2.38. The highest BCUT2D eigenvalue weighted by Crippen LogP contribution is 2.28. The van der Waals surface area contributed by atoms with Crippen molar-refractivity contribution in [2.75, 3.05) is 20.9 Å². The first-order valence-electron chi connectivity index (χ1n) is 13.2. The second-order valence-corrected chi connectivity index (χ2v) is 13.4. The SMILES string of the molecule is O=C(CN(c1ccc(Oc2ccccc2)cc1)S(=O)(=O)c1ccccc1)Nc1ccc(S(=O)(=O)Nc2cccc(Cl)c2)cc1. The van der Waals surface area contributed by atoms with Crippen molar-refractivity contribution in [3.05, 3.63) is 138 Å². The van der Waals surface area contributed by atoms with Crippen LogP contribution in [-0.2, 0) is 24.8 Å². The summed E-state index contributed by atoms with van der Waals surface area (Å²) in [5, 5.41) is 3.02. The normalized spacial score (nSPS) is 11.4. The first-order valence-corrected chi connectivity index (χ1v) is 16.5. The molecule has 44 heavy (non-hydrogen) atoms. The third-order valence-electron chi connectivity index (χ3n) is 6.25. The van der Waals surface area contributed by atoms with Crippen LogP contribution in [0.15, 0.2) is 143 Å². The lowest BCUT2D eigenvalue weighted by molar-refractivity contribution is -0.114. The first-order chi connectivity index (χ1) is 21.1. The number of sulfonamides is 2.